The molecule has 0 fully saturated rings. The minimum absolute atomic E-state index is 0.123. The van der Waals surface area contributed by atoms with Crippen LogP contribution in [-0.4, -0.2) is 24.2 Å². The first-order valence-electron chi connectivity index (χ1n) is 6.60. The Labute approximate surface area is 118 Å². The van der Waals surface area contributed by atoms with E-state index in [4.69, 9.17) is 5.53 Å². The number of hydrogen-bond donors (Lipinski definition) is 2. The lowest BCUT2D eigenvalue weighted by atomic mass is 9.79. The number of nitrogens with one attached hydrogen (secondary N) is 1. The number of nitrogens with zero attached hydrogens (tertiary/aromatic N) is 3. The van der Waals surface area contributed by atoms with Crippen LogP contribution in [0.4, 0.5) is 0 Å². The lowest BCUT2D eigenvalue weighted by Gasteiger charge is -2.35. The molecule has 2 N–H and O–H groups in total. The molecule has 20 heavy (non-hydrogen) atoms. The zero-order valence-corrected chi connectivity index (χ0v) is 11.8. The second-order valence-electron chi connectivity index (χ2n) is 4.87. The van der Waals surface area contributed by atoms with E-state index in [1.807, 2.05) is 44.2 Å². The van der Waals surface area contributed by atoms with Gasteiger partial charge in [0.25, 0.3) is 0 Å². The Morgan fingerprint density at radius 2 is 2.10 bits per heavy atom. The molecule has 108 valence electrons. The number of azide groups is 1. The average Bonchev–Trinajstić information content (AvgIpc) is 2.43. The third kappa shape index (κ3) is 3.50. The molecule has 0 bridgehead atoms. The van der Waals surface area contributed by atoms with Crippen LogP contribution in [0.25, 0.3) is 10.4 Å². The van der Waals surface area contributed by atoms with Gasteiger partial charge in [0.2, 0.25) is 0 Å². The topological polar surface area (TPSA) is 98.1 Å². The number of carboxylic acids is 1. The molecule has 0 radical (unpaired) electrons. The van der Waals surface area contributed by atoms with Crippen molar-refractivity contribution in [1.82, 2.24) is 5.32 Å². The maximum absolute atomic E-state index is 11.8. The second-order valence-corrected chi connectivity index (χ2v) is 4.87. The lowest BCUT2D eigenvalue weighted by molar-refractivity contribution is -0.147. The van der Waals surface area contributed by atoms with Gasteiger partial charge in [0.15, 0.2) is 0 Å². The van der Waals surface area contributed by atoms with Crippen LogP contribution in [0.1, 0.15) is 25.8 Å². The molecule has 6 heteroatoms. The predicted molar refractivity (Wildman–Crippen MR) is 77.2 cm³/mol. The summed E-state index contributed by atoms with van der Waals surface area (Å²) in [5.74, 6) is -1.02. The number of rotatable bonds is 8. The van der Waals surface area contributed by atoms with Crippen molar-refractivity contribution in [2.45, 2.75) is 25.8 Å². The molecule has 0 aromatic heterocycles. The average molecular weight is 276 g/mol. The molecule has 1 unspecified atom stereocenters. The molecule has 0 aliphatic carbocycles. The Balaban J connectivity index is 2.95. The van der Waals surface area contributed by atoms with Gasteiger partial charge in [-0.2, -0.15) is 0 Å². The number of aliphatic carboxylic acids is 1. The highest BCUT2D eigenvalue weighted by atomic mass is 16.4. The predicted octanol–water partition coefficient (Wildman–Crippen LogP) is 2.91. The molecular formula is C14H20N4O2. The standard InChI is InChI=1S/C14H20N4O2/c1-11(2)14(13(19)20,12-7-4-3-5-8-12)16-9-6-10-17-18-15/h3-5,7-8,11,16H,6,9-10H2,1-2H3,(H,19,20). The summed E-state index contributed by atoms with van der Waals surface area (Å²) in [7, 11) is 0. The number of benzene rings is 1. The van der Waals surface area contributed by atoms with Gasteiger partial charge in [-0.3, -0.25) is 5.32 Å². The van der Waals surface area contributed by atoms with Crippen LogP contribution in [0.2, 0.25) is 0 Å². The van der Waals surface area contributed by atoms with E-state index in [-0.39, 0.29) is 5.92 Å². The van der Waals surface area contributed by atoms with Gasteiger partial charge in [-0.1, -0.05) is 49.3 Å². The van der Waals surface area contributed by atoms with Gasteiger partial charge in [-0.05, 0) is 30.0 Å². The van der Waals surface area contributed by atoms with Crippen molar-refractivity contribution in [2.24, 2.45) is 11.0 Å². The maximum Gasteiger partial charge on any atom is 0.328 e. The summed E-state index contributed by atoms with van der Waals surface area (Å²) in [6, 6.07) is 9.15. The summed E-state index contributed by atoms with van der Waals surface area (Å²) in [6.45, 7) is 4.58. The van der Waals surface area contributed by atoms with E-state index in [1.165, 1.54) is 0 Å². The largest absolute Gasteiger partial charge is 0.480 e. The Hall–Kier alpha value is -2.04. The minimum Gasteiger partial charge on any atom is -0.480 e. The quantitative estimate of drug-likeness (QED) is 0.330. The number of carboxylic acid groups (broad SMARTS) is 1. The Morgan fingerprint density at radius 3 is 2.60 bits per heavy atom. The van der Waals surface area contributed by atoms with Crippen molar-refractivity contribution in [1.29, 1.82) is 0 Å². The summed E-state index contributed by atoms with van der Waals surface area (Å²) >= 11 is 0. The first kappa shape index (κ1) is 16.0. The van der Waals surface area contributed by atoms with E-state index in [0.29, 0.717) is 19.5 Å². The van der Waals surface area contributed by atoms with Crippen LogP contribution in [0.5, 0.6) is 0 Å². The van der Waals surface area contributed by atoms with Crippen molar-refractivity contribution in [3.63, 3.8) is 0 Å². The van der Waals surface area contributed by atoms with Crippen molar-refractivity contribution >= 4 is 5.97 Å². The van der Waals surface area contributed by atoms with Crippen molar-refractivity contribution in [3.05, 3.63) is 46.3 Å². The molecular weight excluding hydrogens is 256 g/mol. The maximum atomic E-state index is 11.8. The van der Waals surface area contributed by atoms with Gasteiger partial charge >= 0.3 is 5.97 Å². The minimum atomic E-state index is -1.13. The monoisotopic (exact) mass is 276 g/mol. The Bertz CT molecular complexity index is 483. The molecule has 1 aromatic carbocycles. The molecule has 0 saturated heterocycles. The zero-order chi connectivity index (χ0) is 15.0. The fourth-order valence-corrected chi connectivity index (χ4v) is 2.27. The molecule has 1 rings (SSSR count). The van der Waals surface area contributed by atoms with Gasteiger partial charge in [-0.25, -0.2) is 4.79 Å². The molecule has 0 amide bonds. The van der Waals surface area contributed by atoms with Gasteiger partial charge < -0.3 is 5.11 Å². The molecule has 0 spiro atoms. The van der Waals surface area contributed by atoms with Crippen LogP contribution in [0.3, 0.4) is 0 Å². The first-order valence-corrected chi connectivity index (χ1v) is 6.60. The molecule has 0 saturated carbocycles. The summed E-state index contributed by atoms with van der Waals surface area (Å²) < 4.78 is 0. The molecule has 1 atom stereocenters. The molecule has 1 aromatic rings. The molecule has 0 aliphatic rings. The van der Waals surface area contributed by atoms with Gasteiger partial charge in [-0.15, -0.1) is 0 Å². The van der Waals surface area contributed by atoms with Crippen molar-refractivity contribution in [2.75, 3.05) is 13.1 Å². The smallest absolute Gasteiger partial charge is 0.328 e. The zero-order valence-electron chi connectivity index (χ0n) is 11.8. The van der Waals surface area contributed by atoms with E-state index in [0.717, 1.165) is 5.56 Å². The van der Waals surface area contributed by atoms with Crippen LogP contribution in [-0.2, 0) is 10.3 Å². The SMILES string of the molecule is CC(C)C(NCCCN=[N+]=[N-])(C(=O)O)c1ccccc1. The lowest BCUT2D eigenvalue weighted by Crippen LogP contribution is -2.53. The molecule has 0 aliphatic heterocycles. The van der Waals surface area contributed by atoms with E-state index in [9.17, 15) is 9.90 Å². The van der Waals surface area contributed by atoms with Gasteiger partial charge in [0.05, 0.1) is 0 Å². The van der Waals surface area contributed by atoms with Crippen LogP contribution in [0, 0.1) is 5.92 Å². The number of carbonyl (C=O) groups is 1. The Kier molecular flexibility index (Phi) is 6.03. The highest BCUT2D eigenvalue weighted by Crippen LogP contribution is 2.30. The summed E-state index contributed by atoms with van der Waals surface area (Å²) in [5, 5.41) is 16.3. The normalized spacial score (nSPS) is 13.6. The van der Waals surface area contributed by atoms with E-state index in [2.05, 4.69) is 15.3 Å². The van der Waals surface area contributed by atoms with E-state index < -0.39 is 11.5 Å². The Morgan fingerprint density at radius 1 is 1.45 bits per heavy atom. The third-order valence-electron chi connectivity index (χ3n) is 3.33. The van der Waals surface area contributed by atoms with Crippen molar-refractivity contribution in [3.8, 4) is 0 Å². The number of hydrogen-bond acceptors (Lipinski definition) is 3. The van der Waals surface area contributed by atoms with Crippen LogP contribution < -0.4 is 5.32 Å². The fraction of sp³-hybridized carbons (Fsp3) is 0.500. The first-order chi connectivity index (χ1) is 9.55. The highest BCUT2D eigenvalue weighted by Gasteiger charge is 2.42. The fourth-order valence-electron chi connectivity index (χ4n) is 2.27. The second kappa shape index (κ2) is 7.53. The third-order valence-corrected chi connectivity index (χ3v) is 3.33. The summed E-state index contributed by atoms with van der Waals surface area (Å²) in [5.41, 5.74) is 7.82. The molecule has 6 nitrogen and oxygen atoms in total. The summed E-state index contributed by atoms with van der Waals surface area (Å²) in [6.07, 6.45) is 0.596. The van der Waals surface area contributed by atoms with Gasteiger partial charge in [0.1, 0.15) is 5.54 Å². The molecule has 0 heterocycles. The van der Waals surface area contributed by atoms with E-state index >= 15 is 0 Å². The summed E-state index contributed by atoms with van der Waals surface area (Å²) in [4.78, 5) is 14.5. The highest BCUT2D eigenvalue weighted by molar-refractivity contribution is 5.81. The van der Waals surface area contributed by atoms with Gasteiger partial charge in [0, 0.05) is 11.5 Å². The van der Waals surface area contributed by atoms with Crippen LogP contribution in [0.15, 0.2) is 35.4 Å². The van der Waals surface area contributed by atoms with Crippen LogP contribution >= 0.6 is 0 Å². The van der Waals surface area contributed by atoms with Crippen molar-refractivity contribution < 1.29 is 9.90 Å². The van der Waals surface area contributed by atoms with E-state index in [1.54, 1.807) is 0 Å².